The predicted molar refractivity (Wildman–Crippen MR) is 69.2 cm³/mol. The number of ether oxygens (including phenoxy) is 1. The van der Waals surface area contributed by atoms with E-state index >= 15 is 0 Å². The van der Waals surface area contributed by atoms with E-state index in [4.69, 9.17) is 10.5 Å². The molecule has 0 atom stereocenters. The lowest BCUT2D eigenvalue weighted by Crippen LogP contribution is -2.44. The van der Waals surface area contributed by atoms with Crippen molar-refractivity contribution in [3.63, 3.8) is 0 Å². The Hall–Kier alpha value is -0.670. The first-order chi connectivity index (χ1) is 7.62. The third-order valence-electron chi connectivity index (χ3n) is 3.48. The summed E-state index contributed by atoms with van der Waals surface area (Å²) in [5, 5.41) is 0. The van der Waals surface area contributed by atoms with Crippen molar-refractivity contribution in [1.29, 1.82) is 0 Å². The molecular weight excluding hydrogens is 218 g/mol. The minimum Gasteiger partial charge on any atom is -0.496 e. The molecule has 1 aromatic carbocycles. The molecule has 2 rings (SSSR count). The molecule has 0 spiro atoms. The summed E-state index contributed by atoms with van der Waals surface area (Å²) in [6.45, 7) is 2.08. The van der Waals surface area contributed by atoms with Gasteiger partial charge in [0.05, 0.1) is 7.11 Å². The smallest absolute Gasteiger partial charge is 0.127 e. The molecule has 1 aliphatic rings. The summed E-state index contributed by atoms with van der Waals surface area (Å²) < 4.78 is 5.55. The van der Waals surface area contributed by atoms with Gasteiger partial charge in [0.1, 0.15) is 5.75 Å². The summed E-state index contributed by atoms with van der Waals surface area (Å²) in [5.74, 6) is 0.981. The minimum absolute atomic E-state index is 0.157. The lowest BCUT2D eigenvalue weighted by Gasteiger charge is -2.40. The minimum atomic E-state index is -0.157. The number of rotatable bonds is 3. The Labute approximate surface area is 102 Å². The van der Waals surface area contributed by atoms with Crippen molar-refractivity contribution in [2.24, 2.45) is 5.73 Å². The molecule has 2 nitrogen and oxygen atoms in total. The zero-order chi connectivity index (χ0) is 11.8. The normalized spacial score (nSPS) is 18.0. The van der Waals surface area contributed by atoms with Gasteiger partial charge in [0.25, 0.3) is 0 Å². The highest BCUT2D eigenvalue weighted by molar-refractivity contribution is 7.98. The van der Waals surface area contributed by atoms with E-state index in [-0.39, 0.29) is 5.54 Å². The van der Waals surface area contributed by atoms with Crippen LogP contribution >= 0.6 is 11.8 Å². The summed E-state index contributed by atoms with van der Waals surface area (Å²) in [7, 11) is 1.73. The fourth-order valence-electron chi connectivity index (χ4n) is 2.38. The molecule has 1 fully saturated rings. The number of thioether (sulfide) groups is 1. The molecule has 0 saturated heterocycles. The molecule has 1 aromatic rings. The van der Waals surface area contributed by atoms with E-state index < -0.39 is 0 Å². The maximum atomic E-state index is 6.45. The monoisotopic (exact) mass is 237 g/mol. The van der Waals surface area contributed by atoms with Gasteiger partial charge in [0.2, 0.25) is 0 Å². The van der Waals surface area contributed by atoms with Gasteiger partial charge < -0.3 is 10.5 Å². The van der Waals surface area contributed by atoms with Gasteiger partial charge in [0.15, 0.2) is 0 Å². The Morgan fingerprint density at radius 3 is 2.50 bits per heavy atom. The topological polar surface area (TPSA) is 35.2 Å². The van der Waals surface area contributed by atoms with Gasteiger partial charge in [-0.05, 0) is 44.1 Å². The lowest BCUT2D eigenvalue weighted by molar-refractivity contribution is 0.239. The SMILES string of the molecule is COc1c(C)ccc(SC)c1C1(N)CCC1. The third-order valence-corrected chi connectivity index (χ3v) is 4.26. The van der Waals surface area contributed by atoms with Gasteiger partial charge in [-0.1, -0.05) is 6.07 Å². The van der Waals surface area contributed by atoms with E-state index in [1.54, 1.807) is 18.9 Å². The Kier molecular flexibility index (Phi) is 3.17. The second-order valence-electron chi connectivity index (χ2n) is 4.50. The van der Waals surface area contributed by atoms with Crippen molar-refractivity contribution >= 4 is 11.8 Å². The average Bonchev–Trinajstić information content (AvgIpc) is 2.25. The Bertz CT molecular complexity index is 399. The average molecular weight is 237 g/mol. The number of benzene rings is 1. The molecule has 1 aliphatic carbocycles. The Morgan fingerprint density at radius 1 is 1.38 bits per heavy atom. The van der Waals surface area contributed by atoms with E-state index in [0.29, 0.717) is 0 Å². The molecule has 0 bridgehead atoms. The molecule has 2 N–H and O–H groups in total. The standard InChI is InChI=1S/C13H19NOS/c1-9-5-6-10(16-3)11(12(9)15-2)13(14)7-4-8-13/h5-6H,4,7-8,14H2,1-3H3. The maximum absolute atomic E-state index is 6.45. The van der Waals surface area contributed by atoms with Crippen LogP contribution in [0.5, 0.6) is 5.75 Å². The van der Waals surface area contributed by atoms with Crippen LogP contribution in [0.4, 0.5) is 0 Å². The van der Waals surface area contributed by atoms with Crippen LogP contribution in [-0.2, 0) is 5.54 Å². The van der Waals surface area contributed by atoms with Crippen LogP contribution in [0.3, 0.4) is 0 Å². The summed E-state index contributed by atoms with van der Waals surface area (Å²) in [4.78, 5) is 1.25. The molecule has 0 unspecified atom stereocenters. The maximum Gasteiger partial charge on any atom is 0.127 e. The summed E-state index contributed by atoms with van der Waals surface area (Å²) >= 11 is 1.75. The van der Waals surface area contributed by atoms with Crippen LogP contribution in [0.15, 0.2) is 17.0 Å². The molecule has 0 radical (unpaired) electrons. The van der Waals surface area contributed by atoms with Gasteiger partial charge in [-0.25, -0.2) is 0 Å². The van der Waals surface area contributed by atoms with E-state index in [2.05, 4.69) is 25.3 Å². The molecular formula is C13H19NOS. The van der Waals surface area contributed by atoms with Crippen LogP contribution in [0.25, 0.3) is 0 Å². The number of aryl methyl sites for hydroxylation is 1. The first kappa shape index (κ1) is 11.8. The molecule has 1 saturated carbocycles. The van der Waals surface area contributed by atoms with Crippen molar-refractivity contribution in [1.82, 2.24) is 0 Å². The second kappa shape index (κ2) is 4.30. The van der Waals surface area contributed by atoms with Crippen molar-refractivity contribution < 1.29 is 4.74 Å². The van der Waals surface area contributed by atoms with Gasteiger partial charge in [0, 0.05) is 16.0 Å². The van der Waals surface area contributed by atoms with Crippen LogP contribution < -0.4 is 10.5 Å². The zero-order valence-corrected chi connectivity index (χ0v) is 11.0. The second-order valence-corrected chi connectivity index (χ2v) is 5.35. The summed E-state index contributed by atoms with van der Waals surface area (Å²) in [6.07, 6.45) is 5.46. The lowest BCUT2D eigenvalue weighted by atomic mass is 9.72. The van der Waals surface area contributed by atoms with Crippen molar-refractivity contribution in [3.8, 4) is 5.75 Å². The number of nitrogens with two attached hydrogens (primary N) is 1. The molecule has 0 heterocycles. The van der Waals surface area contributed by atoms with Crippen LogP contribution in [0.2, 0.25) is 0 Å². The first-order valence-electron chi connectivity index (χ1n) is 5.63. The fourth-order valence-corrected chi connectivity index (χ4v) is 3.09. The quantitative estimate of drug-likeness (QED) is 0.821. The van der Waals surface area contributed by atoms with E-state index in [1.165, 1.54) is 22.4 Å². The molecule has 16 heavy (non-hydrogen) atoms. The van der Waals surface area contributed by atoms with Gasteiger partial charge >= 0.3 is 0 Å². The van der Waals surface area contributed by atoms with Crippen LogP contribution in [0, 0.1) is 6.92 Å². The number of hydrogen-bond acceptors (Lipinski definition) is 3. The Balaban J connectivity index is 2.58. The molecule has 0 amide bonds. The summed E-state index contributed by atoms with van der Waals surface area (Å²) in [5.41, 5.74) is 8.69. The largest absolute Gasteiger partial charge is 0.496 e. The molecule has 0 aromatic heterocycles. The van der Waals surface area contributed by atoms with Crippen LogP contribution in [-0.4, -0.2) is 13.4 Å². The zero-order valence-electron chi connectivity index (χ0n) is 10.2. The number of methoxy groups -OCH3 is 1. The summed E-state index contributed by atoms with van der Waals surface area (Å²) in [6, 6.07) is 4.26. The predicted octanol–water partition coefficient (Wildman–Crippen LogP) is 3.06. The first-order valence-corrected chi connectivity index (χ1v) is 6.86. The van der Waals surface area contributed by atoms with E-state index in [1.807, 2.05) is 0 Å². The molecule has 0 aliphatic heterocycles. The van der Waals surface area contributed by atoms with Gasteiger partial charge in [-0.2, -0.15) is 0 Å². The fraction of sp³-hybridized carbons (Fsp3) is 0.538. The van der Waals surface area contributed by atoms with Gasteiger partial charge in [-0.3, -0.25) is 0 Å². The van der Waals surface area contributed by atoms with Crippen molar-refractivity contribution in [3.05, 3.63) is 23.3 Å². The highest BCUT2D eigenvalue weighted by Gasteiger charge is 2.38. The highest BCUT2D eigenvalue weighted by atomic mass is 32.2. The van der Waals surface area contributed by atoms with Crippen molar-refractivity contribution in [2.75, 3.05) is 13.4 Å². The number of hydrogen-bond donors (Lipinski definition) is 1. The van der Waals surface area contributed by atoms with Crippen molar-refractivity contribution in [2.45, 2.75) is 36.6 Å². The van der Waals surface area contributed by atoms with E-state index in [9.17, 15) is 0 Å². The van der Waals surface area contributed by atoms with Crippen LogP contribution in [0.1, 0.15) is 30.4 Å². The van der Waals surface area contributed by atoms with Gasteiger partial charge in [-0.15, -0.1) is 11.8 Å². The Morgan fingerprint density at radius 2 is 2.06 bits per heavy atom. The molecule has 3 heteroatoms. The highest BCUT2D eigenvalue weighted by Crippen LogP contribution is 2.47. The van der Waals surface area contributed by atoms with E-state index in [0.717, 1.165) is 18.6 Å². The molecule has 88 valence electrons. The third kappa shape index (κ3) is 1.72.